The van der Waals surface area contributed by atoms with Crippen LogP contribution in [-0.4, -0.2) is 6.29 Å². The summed E-state index contributed by atoms with van der Waals surface area (Å²) < 4.78 is 12.7. The monoisotopic (exact) mass is 177 g/mol. The maximum absolute atomic E-state index is 12.7. The molecule has 0 heterocycles. The van der Waals surface area contributed by atoms with Gasteiger partial charge in [-0.1, -0.05) is 11.8 Å². The van der Waals surface area contributed by atoms with Gasteiger partial charge < -0.3 is 10.5 Å². The second kappa shape index (κ2) is 4.27. The molecule has 0 aliphatic heterocycles. The highest BCUT2D eigenvalue weighted by Gasteiger charge is 1.96. The van der Waals surface area contributed by atoms with Crippen LogP contribution in [-0.2, 0) is 4.79 Å². The quantitative estimate of drug-likeness (QED) is 0.399. The van der Waals surface area contributed by atoms with E-state index in [9.17, 15) is 9.18 Å². The van der Waals surface area contributed by atoms with Crippen molar-refractivity contribution in [1.29, 1.82) is 0 Å². The third kappa shape index (κ3) is 2.60. The predicted molar refractivity (Wildman–Crippen MR) is 48.4 cm³/mol. The fourth-order valence-corrected chi connectivity index (χ4v) is 0.816. The molecule has 1 aromatic rings. The van der Waals surface area contributed by atoms with Gasteiger partial charge in [-0.3, -0.25) is 0 Å². The Labute approximate surface area is 75.6 Å². The fourth-order valence-electron chi connectivity index (χ4n) is 0.816. The summed E-state index contributed by atoms with van der Waals surface area (Å²) in [7, 11) is 0. The number of carbonyl (C=O) groups is 1. The van der Waals surface area contributed by atoms with Crippen molar-refractivity contribution >= 4 is 12.0 Å². The Morgan fingerprint density at radius 2 is 2.31 bits per heavy atom. The molecule has 0 aromatic heterocycles. The molecule has 2 nitrogen and oxygen atoms in total. The first-order valence-electron chi connectivity index (χ1n) is 3.71. The van der Waals surface area contributed by atoms with Crippen molar-refractivity contribution in [3.63, 3.8) is 0 Å². The number of nitrogens with two attached hydrogens (primary N) is 1. The minimum Gasteiger partial charge on any atom is -0.396 e. The summed E-state index contributed by atoms with van der Waals surface area (Å²) in [5.41, 5.74) is 5.99. The van der Waals surface area contributed by atoms with Crippen LogP contribution in [0.25, 0.3) is 0 Å². The zero-order valence-corrected chi connectivity index (χ0v) is 6.88. The molecule has 0 saturated carbocycles. The highest BCUT2D eigenvalue weighted by molar-refractivity contribution is 5.55. The van der Waals surface area contributed by atoms with E-state index >= 15 is 0 Å². The molecule has 1 rings (SSSR count). The highest BCUT2D eigenvalue weighted by Crippen LogP contribution is 2.10. The van der Waals surface area contributed by atoms with Gasteiger partial charge in [-0.2, -0.15) is 0 Å². The number of anilines is 1. The Hall–Kier alpha value is -1.82. The van der Waals surface area contributed by atoms with E-state index in [2.05, 4.69) is 11.8 Å². The molecule has 0 radical (unpaired) electrons. The lowest BCUT2D eigenvalue weighted by molar-refractivity contribution is -0.107. The van der Waals surface area contributed by atoms with Crippen molar-refractivity contribution in [1.82, 2.24) is 0 Å². The van der Waals surface area contributed by atoms with E-state index in [0.29, 0.717) is 11.8 Å². The fraction of sp³-hybridized carbons (Fsp3) is 0.100. The first kappa shape index (κ1) is 9.27. The lowest BCUT2D eigenvalue weighted by Crippen LogP contribution is -1.90. The van der Waals surface area contributed by atoms with Gasteiger partial charge in [-0.05, 0) is 18.2 Å². The largest absolute Gasteiger partial charge is 0.396 e. The molecule has 0 aliphatic rings. The van der Waals surface area contributed by atoms with Gasteiger partial charge in [0.1, 0.15) is 12.1 Å². The van der Waals surface area contributed by atoms with Gasteiger partial charge in [0.2, 0.25) is 0 Å². The minimum absolute atomic E-state index is 0.0675. The maximum Gasteiger partial charge on any atom is 0.146 e. The standard InChI is InChI=1S/C10H8FNO/c11-9-5-4-8(7-10(9)12)3-1-2-6-13/h4-7H,2,12H2. The number of aldehydes is 1. The summed E-state index contributed by atoms with van der Waals surface area (Å²) in [4.78, 5) is 9.93. The lowest BCUT2D eigenvalue weighted by atomic mass is 10.2. The molecular formula is C10H8FNO. The van der Waals surface area contributed by atoms with Crippen LogP contribution in [0.1, 0.15) is 12.0 Å². The van der Waals surface area contributed by atoms with Gasteiger partial charge in [-0.15, -0.1) is 0 Å². The van der Waals surface area contributed by atoms with Crippen molar-refractivity contribution in [3.8, 4) is 11.8 Å². The SMILES string of the molecule is Nc1cc(C#CCC=O)ccc1F. The maximum atomic E-state index is 12.7. The summed E-state index contributed by atoms with van der Waals surface area (Å²) in [6, 6.07) is 4.21. The molecule has 2 N–H and O–H groups in total. The Morgan fingerprint density at radius 1 is 1.54 bits per heavy atom. The van der Waals surface area contributed by atoms with E-state index < -0.39 is 5.82 Å². The van der Waals surface area contributed by atoms with Crippen molar-refractivity contribution in [2.75, 3.05) is 5.73 Å². The lowest BCUT2D eigenvalue weighted by Gasteiger charge is -1.95. The predicted octanol–water partition coefficient (Wildman–Crippen LogP) is 1.35. The summed E-state index contributed by atoms with van der Waals surface area (Å²) in [6.07, 6.45) is 0.886. The molecule has 0 bridgehead atoms. The Balaban J connectivity index is 2.87. The van der Waals surface area contributed by atoms with E-state index in [4.69, 9.17) is 5.73 Å². The Bertz CT molecular complexity index is 376. The van der Waals surface area contributed by atoms with E-state index in [1.165, 1.54) is 18.2 Å². The average Bonchev–Trinajstić information content (AvgIpc) is 2.12. The smallest absolute Gasteiger partial charge is 0.146 e. The molecular weight excluding hydrogens is 169 g/mol. The first-order valence-corrected chi connectivity index (χ1v) is 3.71. The number of hydrogen-bond acceptors (Lipinski definition) is 2. The second-order valence-electron chi connectivity index (χ2n) is 2.41. The van der Waals surface area contributed by atoms with Gasteiger partial charge in [-0.25, -0.2) is 4.39 Å². The van der Waals surface area contributed by atoms with Crippen LogP contribution in [0.15, 0.2) is 18.2 Å². The average molecular weight is 177 g/mol. The summed E-state index contributed by atoms with van der Waals surface area (Å²) in [5.74, 6) is 4.83. The van der Waals surface area contributed by atoms with Crippen LogP contribution >= 0.6 is 0 Å². The number of hydrogen-bond donors (Lipinski definition) is 1. The van der Waals surface area contributed by atoms with Gasteiger partial charge in [0.25, 0.3) is 0 Å². The first-order chi connectivity index (χ1) is 6.24. The number of carbonyl (C=O) groups excluding carboxylic acids is 1. The molecule has 0 saturated heterocycles. The molecule has 13 heavy (non-hydrogen) atoms. The van der Waals surface area contributed by atoms with Crippen LogP contribution in [0.2, 0.25) is 0 Å². The molecule has 0 amide bonds. The molecule has 1 aromatic carbocycles. The number of nitrogen functional groups attached to an aromatic ring is 1. The molecule has 66 valence electrons. The van der Waals surface area contributed by atoms with Crippen molar-refractivity contribution in [3.05, 3.63) is 29.6 Å². The van der Waals surface area contributed by atoms with Crippen LogP contribution in [0.5, 0.6) is 0 Å². The molecule has 0 aliphatic carbocycles. The molecule has 0 spiro atoms. The van der Waals surface area contributed by atoms with Gasteiger partial charge in [0.15, 0.2) is 0 Å². The van der Waals surface area contributed by atoms with E-state index in [1.807, 2.05) is 0 Å². The third-order valence-electron chi connectivity index (χ3n) is 1.41. The van der Waals surface area contributed by atoms with Crippen LogP contribution in [0.4, 0.5) is 10.1 Å². The van der Waals surface area contributed by atoms with E-state index in [-0.39, 0.29) is 12.1 Å². The van der Waals surface area contributed by atoms with Crippen molar-refractivity contribution in [2.24, 2.45) is 0 Å². The van der Waals surface area contributed by atoms with Crippen LogP contribution in [0, 0.1) is 17.7 Å². The summed E-state index contributed by atoms with van der Waals surface area (Å²) in [5, 5.41) is 0. The second-order valence-corrected chi connectivity index (χ2v) is 2.41. The topological polar surface area (TPSA) is 43.1 Å². The number of rotatable bonds is 1. The molecule has 3 heteroatoms. The zero-order valence-electron chi connectivity index (χ0n) is 6.88. The van der Waals surface area contributed by atoms with Crippen LogP contribution in [0.3, 0.4) is 0 Å². The summed E-state index contributed by atoms with van der Waals surface area (Å²) >= 11 is 0. The van der Waals surface area contributed by atoms with Crippen molar-refractivity contribution < 1.29 is 9.18 Å². The molecule has 0 atom stereocenters. The molecule has 0 fully saturated rings. The van der Waals surface area contributed by atoms with Gasteiger partial charge in [0, 0.05) is 5.56 Å². The Kier molecular flexibility index (Phi) is 3.04. The number of benzene rings is 1. The van der Waals surface area contributed by atoms with Crippen LogP contribution < -0.4 is 5.73 Å². The van der Waals surface area contributed by atoms with E-state index in [0.717, 1.165) is 0 Å². The highest BCUT2D eigenvalue weighted by atomic mass is 19.1. The minimum atomic E-state index is -0.457. The zero-order chi connectivity index (χ0) is 9.68. The number of halogens is 1. The van der Waals surface area contributed by atoms with E-state index in [1.54, 1.807) is 0 Å². The van der Waals surface area contributed by atoms with Gasteiger partial charge >= 0.3 is 0 Å². The normalized spacial score (nSPS) is 8.69. The molecule has 0 unspecified atom stereocenters. The van der Waals surface area contributed by atoms with Crippen molar-refractivity contribution in [2.45, 2.75) is 6.42 Å². The summed E-state index contributed by atoms with van der Waals surface area (Å²) in [6.45, 7) is 0. The third-order valence-corrected chi connectivity index (χ3v) is 1.41. The van der Waals surface area contributed by atoms with Gasteiger partial charge in [0.05, 0.1) is 12.1 Å². The Morgan fingerprint density at radius 3 is 2.92 bits per heavy atom.